The number of thiocarbonyl (C=S) groups is 2. The fraction of sp³-hybridized carbons (Fsp3) is 0.667. The number of aliphatic hydroxyl groups excluding tert-OH is 2. The maximum absolute atomic E-state index is 8.67. The van der Waals surface area contributed by atoms with Crippen molar-refractivity contribution in [1.82, 2.24) is 4.90 Å². The Morgan fingerprint density at radius 1 is 1.07 bits per heavy atom. The highest BCUT2D eigenvalue weighted by atomic mass is 35.5. The van der Waals surface area contributed by atoms with Gasteiger partial charge in [0.25, 0.3) is 10.3 Å². The van der Waals surface area contributed by atoms with Crippen molar-refractivity contribution in [3.63, 3.8) is 0 Å². The highest BCUT2D eigenvalue weighted by Crippen LogP contribution is 1.85. The zero-order valence-electron chi connectivity index (χ0n) is 8.37. The molecular formula is C6H17Cl3N2O2S2. The first-order chi connectivity index (χ1) is 5.45. The fourth-order valence-corrected chi connectivity index (χ4v) is 0.752. The average Bonchev–Trinajstić information content (AvgIpc) is 1.87. The lowest BCUT2D eigenvalue weighted by Gasteiger charge is -2.15. The molecule has 9 heteroatoms. The Labute approximate surface area is 119 Å². The standard InChI is InChI=1S/C5H11NOS.CH3NOS.3ClH/c1-3-6(4-2)5(7)8;2-1(3)4;;;/h3-4H2,1-2H3,(H,7,8);(H3,2,3,4);3*1H. The molecule has 0 saturated carbocycles. The van der Waals surface area contributed by atoms with Gasteiger partial charge in [0.15, 0.2) is 0 Å². The monoisotopic (exact) mass is 318 g/mol. The van der Waals surface area contributed by atoms with E-state index in [1.807, 2.05) is 13.8 Å². The van der Waals surface area contributed by atoms with Crippen LogP contribution in [0.2, 0.25) is 0 Å². The average molecular weight is 320 g/mol. The Bertz CT molecular complexity index is 155. The third-order valence-corrected chi connectivity index (χ3v) is 1.29. The first-order valence-corrected chi connectivity index (χ1v) is 4.23. The third kappa shape index (κ3) is 31.4. The van der Waals surface area contributed by atoms with Crippen molar-refractivity contribution >= 4 is 72.0 Å². The van der Waals surface area contributed by atoms with E-state index in [0.717, 1.165) is 13.1 Å². The zero-order chi connectivity index (χ0) is 10.1. The van der Waals surface area contributed by atoms with Crippen molar-refractivity contribution in [2.75, 3.05) is 13.1 Å². The molecule has 0 aromatic rings. The molecule has 0 rings (SSSR count). The maximum Gasteiger partial charge on any atom is 0.256 e. The van der Waals surface area contributed by atoms with Gasteiger partial charge in [0.05, 0.1) is 0 Å². The molecule has 0 atom stereocenters. The lowest BCUT2D eigenvalue weighted by molar-refractivity contribution is 0.371. The van der Waals surface area contributed by atoms with Crippen molar-refractivity contribution in [2.45, 2.75) is 13.8 Å². The SMILES string of the molecule is CCN(CC)C(O)=S.Cl.Cl.Cl.NC(O)=S. The minimum Gasteiger partial charge on any atom is -0.487 e. The van der Waals surface area contributed by atoms with E-state index in [2.05, 4.69) is 30.2 Å². The van der Waals surface area contributed by atoms with Crippen LogP contribution in [0, 0.1) is 0 Å². The van der Waals surface area contributed by atoms with Crippen molar-refractivity contribution in [2.24, 2.45) is 5.73 Å². The van der Waals surface area contributed by atoms with Gasteiger partial charge in [0.2, 0.25) is 0 Å². The fourth-order valence-electron chi connectivity index (χ4n) is 0.494. The molecule has 0 aromatic heterocycles. The second-order valence-corrected chi connectivity index (χ2v) is 2.58. The molecule has 4 nitrogen and oxygen atoms in total. The Hall–Kier alpha value is 0.250. The summed E-state index contributed by atoms with van der Waals surface area (Å²) in [7, 11) is 0. The van der Waals surface area contributed by atoms with Crippen molar-refractivity contribution in [1.29, 1.82) is 0 Å². The van der Waals surface area contributed by atoms with Gasteiger partial charge in [-0.25, -0.2) is 0 Å². The predicted molar refractivity (Wildman–Crippen MR) is 79.3 cm³/mol. The van der Waals surface area contributed by atoms with E-state index >= 15 is 0 Å². The molecule has 0 saturated heterocycles. The van der Waals surface area contributed by atoms with Crippen molar-refractivity contribution < 1.29 is 10.2 Å². The Morgan fingerprint density at radius 2 is 1.27 bits per heavy atom. The van der Waals surface area contributed by atoms with Crippen LogP contribution in [0.15, 0.2) is 0 Å². The Morgan fingerprint density at radius 3 is 1.27 bits per heavy atom. The molecule has 0 amide bonds. The van der Waals surface area contributed by atoms with E-state index in [1.165, 1.54) is 0 Å². The summed E-state index contributed by atoms with van der Waals surface area (Å²) in [5, 5.41) is 15.7. The molecule has 0 fully saturated rings. The van der Waals surface area contributed by atoms with Crippen LogP contribution < -0.4 is 5.73 Å². The largest absolute Gasteiger partial charge is 0.487 e. The lowest BCUT2D eigenvalue weighted by Crippen LogP contribution is -2.28. The van der Waals surface area contributed by atoms with E-state index in [0.29, 0.717) is 0 Å². The molecule has 4 N–H and O–H groups in total. The van der Waals surface area contributed by atoms with Crippen LogP contribution in [-0.4, -0.2) is 38.6 Å². The number of halogens is 3. The number of aliphatic hydroxyl groups is 2. The van der Waals surface area contributed by atoms with E-state index in [1.54, 1.807) is 4.90 Å². The summed E-state index contributed by atoms with van der Waals surface area (Å²) in [6.07, 6.45) is 0. The predicted octanol–water partition coefficient (Wildman–Crippen LogP) is 2.22. The number of hydrogen-bond acceptors (Lipinski definition) is 2. The Kier molecular flexibility index (Phi) is 38.8. The first-order valence-electron chi connectivity index (χ1n) is 3.41. The van der Waals surface area contributed by atoms with Gasteiger partial charge in [0.1, 0.15) is 0 Å². The van der Waals surface area contributed by atoms with Crippen molar-refractivity contribution in [3.05, 3.63) is 0 Å². The minimum absolute atomic E-state index is 0. The van der Waals surface area contributed by atoms with Crippen LogP contribution in [0.25, 0.3) is 0 Å². The summed E-state index contributed by atoms with van der Waals surface area (Å²) in [5.74, 6) is 0. The van der Waals surface area contributed by atoms with Gasteiger partial charge in [0, 0.05) is 13.1 Å². The molecule has 0 spiro atoms. The summed E-state index contributed by atoms with van der Waals surface area (Å²) in [6, 6.07) is 0. The molecule has 0 aromatic carbocycles. The number of rotatable bonds is 2. The summed E-state index contributed by atoms with van der Waals surface area (Å²) in [6.45, 7) is 5.47. The van der Waals surface area contributed by atoms with Gasteiger partial charge in [-0.2, -0.15) is 0 Å². The second kappa shape index (κ2) is 19.8. The van der Waals surface area contributed by atoms with E-state index in [4.69, 9.17) is 10.2 Å². The first kappa shape index (κ1) is 29.5. The second-order valence-electron chi connectivity index (χ2n) is 1.79. The van der Waals surface area contributed by atoms with Crippen LogP contribution in [-0.2, 0) is 0 Å². The molecule has 0 unspecified atom stereocenters. The summed E-state index contributed by atoms with van der Waals surface area (Å²) < 4.78 is 0. The minimum atomic E-state index is -0.500. The van der Waals surface area contributed by atoms with Crippen LogP contribution in [0.1, 0.15) is 13.8 Å². The lowest BCUT2D eigenvalue weighted by atomic mass is 10.6. The van der Waals surface area contributed by atoms with Crippen LogP contribution in [0.3, 0.4) is 0 Å². The van der Waals surface area contributed by atoms with E-state index < -0.39 is 5.17 Å². The van der Waals surface area contributed by atoms with Gasteiger partial charge in [-0.3, -0.25) is 0 Å². The van der Waals surface area contributed by atoms with Gasteiger partial charge < -0.3 is 20.8 Å². The quantitative estimate of drug-likeness (QED) is 0.678. The summed E-state index contributed by atoms with van der Waals surface area (Å²) >= 11 is 8.37. The molecule has 0 aliphatic carbocycles. The van der Waals surface area contributed by atoms with Crippen LogP contribution in [0.4, 0.5) is 0 Å². The molecule has 0 bridgehead atoms. The molecule has 0 aliphatic rings. The highest BCUT2D eigenvalue weighted by Gasteiger charge is 1.98. The summed E-state index contributed by atoms with van der Waals surface area (Å²) in [5.41, 5.74) is 4.40. The smallest absolute Gasteiger partial charge is 0.256 e. The van der Waals surface area contributed by atoms with Crippen LogP contribution >= 0.6 is 61.7 Å². The molecular weight excluding hydrogens is 303 g/mol. The Balaban J connectivity index is -0.0000000424. The van der Waals surface area contributed by atoms with Gasteiger partial charge in [-0.15, -0.1) is 37.2 Å². The molecule has 0 radical (unpaired) electrons. The molecule has 96 valence electrons. The van der Waals surface area contributed by atoms with Crippen molar-refractivity contribution in [3.8, 4) is 0 Å². The molecule has 0 aliphatic heterocycles. The van der Waals surface area contributed by atoms with Crippen LogP contribution in [0.5, 0.6) is 0 Å². The number of nitrogens with two attached hydrogens (primary N) is 1. The van der Waals surface area contributed by atoms with Gasteiger partial charge >= 0.3 is 0 Å². The third-order valence-electron chi connectivity index (χ3n) is 1.03. The number of hydrogen-bond donors (Lipinski definition) is 3. The topological polar surface area (TPSA) is 69.7 Å². The maximum atomic E-state index is 8.67. The summed E-state index contributed by atoms with van der Waals surface area (Å²) in [4.78, 5) is 1.70. The highest BCUT2D eigenvalue weighted by molar-refractivity contribution is 7.80. The molecule has 0 heterocycles. The molecule has 15 heavy (non-hydrogen) atoms. The van der Waals surface area contributed by atoms with Gasteiger partial charge in [-0.05, 0) is 38.3 Å². The van der Waals surface area contributed by atoms with E-state index in [9.17, 15) is 0 Å². The van der Waals surface area contributed by atoms with Gasteiger partial charge in [-0.1, -0.05) is 0 Å². The zero-order valence-corrected chi connectivity index (χ0v) is 12.5. The normalized spacial score (nSPS) is 6.27. The number of nitrogens with zero attached hydrogens (tertiary/aromatic N) is 1. The van der Waals surface area contributed by atoms with E-state index in [-0.39, 0.29) is 42.4 Å².